The van der Waals surface area contributed by atoms with E-state index >= 15 is 0 Å². The molecule has 0 spiro atoms. The lowest BCUT2D eigenvalue weighted by molar-refractivity contribution is -0.114. The molecule has 0 saturated heterocycles. The summed E-state index contributed by atoms with van der Waals surface area (Å²) in [6, 6.07) is 9.60. The SMILES string of the molecule is CC(=O)Nc1ccccc1CSc1nc(N)nc(-c2c(Cl)cc3c4c2CCC=C4COC3)n1. The van der Waals surface area contributed by atoms with E-state index in [0.717, 1.165) is 40.8 Å². The van der Waals surface area contributed by atoms with Crippen LogP contribution in [0.2, 0.25) is 5.02 Å². The zero-order chi connectivity index (χ0) is 22.9. The zero-order valence-corrected chi connectivity index (χ0v) is 19.6. The number of nitrogens with zero attached hydrogens (tertiary/aromatic N) is 3. The molecule has 0 bridgehead atoms. The molecule has 0 unspecified atom stereocenters. The molecule has 2 aliphatic rings. The van der Waals surface area contributed by atoms with Crippen molar-refractivity contribution in [2.45, 2.75) is 37.3 Å². The molecule has 33 heavy (non-hydrogen) atoms. The van der Waals surface area contributed by atoms with Crippen molar-refractivity contribution in [1.82, 2.24) is 15.0 Å². The molecule has 1 aliphatic heterocycles. The summed E-state index contributed by atoms with van der Waals surface area (Å²) in [7, 11) is 0. The molecule has 0 saturated carbocycles. The average Bonchev–Trinajstić information content (AvgIpc) is 2.78. The van der Waals surface area contributed by atoms with Gasteiger partial charge in [-0.1, -0.05) is 47.6 Å². The molecule has 1 aliphatic carbocycles. The molecular weight excluding hydrogens is 458 g/mol. The van der Waals surface area contributed by atoms with Crippen LogP contribution in [0.5, 0.6) is 0 Å². The van der Waals surface area contributed by atoms with Crippen LogP contribution >= 0.6 is 23.4 Å². The summed E-state index contributed by atoms with van der Waals surface area (Å²) in [6.45, 7) is 2.65. The maximum atomic E-state index is 11.5. The van der Waals surface area contributed by atoms with Crippen molar-refractivity contribution in [3.63, 3.8) is 0 Å². The van der Waals surface area contributed by atoms with Crippen LogP contribution < -0.4 is 11.1 Å². The van der Waals surface area contributed by atoms with Gasteiger partial charge in [0.1, 0.15) is 0 Å². The molecule has 1 amide bonds. The van der Waals surface area contributed by atoms with E-state index in [1.165, 1.54) is 29.8 Å². The van der Waals surface area contributed by atoms with Crippen molar-refractivity contribution < 1.29 is 9.53 Å². The molecule has 3 N–H and O–H groups in total. The van der Waals surface area contributed by atoms with E-state index in [-0.39, 0.29) is 11.9 Å². The predicted octanol–water partition coefficient (Wildman–Crippen LogP) is 4.88. The van der Waals surface area contributed by atoms with E-state index in [2.05, 4.69) is 21.4 Å². The first-order valence-corrected chi connectivity index (χ1v) is 12.0. The largest absolute Gasteiger partial charge is 0.372 e. The van der Waals surface area contributed by atoms with E-state index in [9.17, 15) is 4.79 Å². The Kier molecular flexibility index (Phi) is 6.05. The summed E-state index contributed by atoms with van der Waals surface area (Å²) in [5, 5.41) is 3.95. The summed E-state index contributed by atoms with van der Waals surface area (Å²) >= 11 is 8.17. The molecule has 0 radical (unpaired) electrons. The second-order valence-electron chi connectivity index (χ2n) is 7.93. The van der Waals surface area contributed by atoms with Crippen molar-refractivity contribution in [2.75, 3.05) is 17.7 Å². The third-order valence-corrected chi connectivity index (χ3v) is 6.82. The number of benzene rings is 2. The number of anilines is 2. The van der Waals surface area contributed by atoms with Crippen LogP contribution in [0.25, 0.3) is 17.0 Å². The van der Waals surface area contributed by atoms with Crippen LogP contribution in [0.4, 0.5) is 11.6 Å². The third kappa shape index (κ3) is 4.46. The van der Waals surface area contributed by atoms with E-state index in [4.69, 9.17) is 27.1 Å². The number of para-hydroxylation sites is 1. The fourth-order valence-corrected chi connectivity index (χ4v) is 5.48. The highest BCUT2D eigenvalue weighted by Gasteiger charge is 2.27. The monoisotopic (exact) mass is 479 g/mol. The number of nitrogens with two attached hydrogens (primary N) is 1. The molecule has 168 valence electrons. The zero-order valence-electron chi connectivity index (χ0n) is 18.0. The summed E-state index contributed by atoms with van der Waals surface area (Å²) in [6.07, 6.45) is 4.01. The number of carbonyl (C=O) groups excluding carboxylic acids is 1. The normalized spacial score (nSPS) is 14.4. The molecule has 2 heterocycles. The van der Waals surface area contributed by atoms with Gasteiger partial charge in [0.15, 0.2) is 11.0 Å². The van der Waals surface area contributed by atoms with Crippen LogP contribution in [-0.4, -0.2) is 27.5 Å². The number of halogens is 1. The number of thioether (sulfide) groups is 1. The Morgan fingerprint density at radius 2 is 2.06 bits per heavy atom. The van der Waals surface area contributed by atoms with Crippen molar-refractivity contribution in [3.8, 4) is 11.4 Å². The standard InChI is InChI=1S/C24H22ClN5O2S/c1-13(31)27-19-8-3-2-5-15(19)12-33-24-29-22(28-23(26)30-24)21-17-7-4-6-14-10-32-11-16(20(14)17)9-18(21)25/h2-3,5-6,8-9H,4,7,10-12H2,1H3,(H,27,31)(H2,26,28,29,30). The van der Waals surface area contributed by atoms with Crippen molar-refractivity contribution >= 4 is 46.5 Å². The highest BCUT2D eigenvalue weighted by Crippen LogP contribution is 2.42. The summed E-state index contributed by atoms with van der Waals surface area (Å²) in [5.41, 5.74) is 13.3. The van der Waals surface area contributed by atoms with Gasteiger partial charge in [-0.3, -0.25) is 4.79 Å². The number of carbonyl (C=O) groups is 1. The van der Waals surface area contributed by atoms with Crippen LogP contribution in [0.15, 0.2) is 41.6 Å². The lowest BCUT2D eigenvalue weighted by Gasteiger charge is -2.28. The number of nitrogen functional groups attached to an aromatic ring is 1. The Balaban J connectivity index is 1.50. The fourth-order valence-electron chi connectivity index (χ4n) is 4.31. The highest BCUT2D eigenvalue weighted by atomic mass is 35.5. The predicted molar refractivity (Wildman–Crippen MR) is 131 cm³/mol. The van der Waals surface area contributed by atoms with Crippen molar-refractivity contribution in [2.24, 2.45) is 0 Å². The maximum absolute atomic E-state index is 11.5. The second kappa shape index (κ2) is 9.13. The molecule has 3 aromatic rings. The minimum atomic E-state index is -0.117. The van der Waals surface area contributed by atoms with Gasteiger partial charge in [-0.25, -0.2) is 4.98 Å². The molecule has 2 aromatic carbocycles. The van der Waals surface area contributed by atoms with Crippen molar-refractivity contribution in [1.29, 1.82) is 0 Å². The summed E-state index contributed by atoms with van der Waals surface area (Å²) in [4.78, 5) is 25.0. The number of hydrogen-bond acceptors (Lipinski definition) is 7. The number of rotatable bonds is 5. The number of aromatic nitrogens is 3. The van der Waals surface area contributed by atoms with Crippen molar-refractivity contribution in [3.05, 3.63) is 63.7 Å². The Hall–Kier alpha value is -2.94. The van der Waals surface area contributed by atoms with Crippen LogP contribution in [-0.2, 0) is 28.3 Å². The second-order valence-corrected chi connectivity index (χ2v) is 9.28. The first kappa shape index (κ1) is 21.9. The van der Waals surface area contributed by atoms with Crippen LogP contribution in [0.1, 0.15) is 35.6 Å². The molecule has 0 fully saturated rings. The van der Waals surface area contributed by atoms with Gasteiger partial charge in [0.05, 0.1) is 18.2 Å². The van der Waals surface area contributed by atoms with Crippen LogP contribution in [0, 0.1) is 0 Å². The van der Waals surface area contributed by atoms with Gasteiger partial charge in [0.25, 0.3) is 0 Å². The lowest BCUT2D eigenvalue weighted by Crippen LogP contribution is -2.16. The molecule has 5 rings (SSSR count). The first-order chi connectivity index (χ1) is 16.0. The van der Waals surface area contributed by atoms with Gasteiger partial charge in [-0.15, -0.1) is 0 Å². The van der Waals surface area contributed by atoms with E-state index < -0.39 is 0 Å². The van der Waals surface area contributed by atoms with Gasteiger partial charge in [-0.2, -0.15) is 9.97 Å². The number of hydrogen-bond donors (Lipinski definition) is 2. The minimum Gasteiger partial charge on any atom is -0.372 e. The number of ether oxygens (including phenoxy) is 1. The Morgan fingerprint density at radius 3 is 2.91 bits per heavy atom. The Morgan fingerprint density at radius 1 is 1.21 bits per heavy atom. The van der Waals surface area contributed by atoms with E-state index in [1.54, 1.807) is 0 Å². The molecular formula is C24H22ClN5O2S. The molecule has 7 nitrogen and oxygen atoms in total. The van der Waals surface area contributed by atoms with Gasteiger partial charge >= 0.3 is 0 Å². The quantitative estimate of drug-likeness (QED) is 0.502. The highest BCUT2D eigenvalue weighted by molar-refractivity contribution is 7.98. The topological polar surface area (TPSA) is 103 Å². The Bertz CT molecular complexity index is 1290. The average molecular weight is 480 g/mol. The number of allylic oxidation sites excluding steroid dienone is 1. The first-order valence-electron chi connectivity index (χ1n) is 10.6. The lowest BCUT2D eigenvalue weighted by atomic mass is 9.83. The summed E-state index contributed by atoms with van der Waals surface area (Å²) in [5.74, 6) is 1.08. The van der Waals surface area contributed by atoms with Gasteiger partial charge in [0, 0.05) is 23.9 Å². The minimum absolute atomic E-state index is 0.117. The summed E-state index contributed by atoms with van der Waals surface area (Å²) < 4.78 is 5.72. The van der Waals surface area contributed by atoms with E-state index in [0.29, 0.717) is 35.0 Å². The molecule has 0 atom stereocenters. The fraction of sp³-hybridized carbons (Fsp3) is 0.250. The van der Waals surface area contributed by atoms with Gasteiger partial charge in [-0.05, 0) is 52.8 Å². The number of nitrogens with one attached hydrogen (secondary N) is 1. The Labute approximate surface area is 200 Å². The smallest absolute Gasteiger partial charge is 0.224 e. The van der Waals surface area contributed by atoms with E-state index in [1.807, 2.05) is 30.3 Å². The molecule has 9 heteroatoms. The third-order valence-electron chi connectivity index (χ3n) is 5.63. The van der Waals surface area contributed by atoms with Gasteiger partial charge < -0.3 is 15.8 Å². The van der Waals surface area contributed by atoms with Crippen LogP contribution in [0.3, 0.4) is 0 Å². The maximum Gasteiger partial charge on any atom is 0.224 e. The number of amides is 1. The molecule has 1 aromatic heterocycles. The van der Waals surface area contributed by atoms with Gasteiger partial charge in [0.2, 0.25) is 11.9 Å².